The van der Waals surface area contributed by atoms with E-state index in [2.05, 4.69) is 26.0 Å². The van der Waals surface area contributed by atoms with Crippen molar-refractivity contribution in [1.29, 1.82) is 0 Å². The predicted molar refractivity (Wildman–Crippen MR) is 359 cm³/mol. The first-order valence-electron chi connectivity index (χ1n) is 34.4. The molecule has 564 valence electrons. The highest BCUT2D eigenvalue weighted by Gasteiger charge is 2.63. The Hall–Kier alpha value is -8.54. The molecule has 6 aliphatic heterocycles. The van der Waals surface area contributed by atoms with Crippen LogP contribution in [-0.4, -0.2) is 210 Å². The van der Waals surface area contributed by atoms with Crippen molar-refractivity contribution in [1.82, 2.24) is 45.6 Å². The third-order valence-corrected chi connectivity index (χ3v) is 22.1. The van der Waals surface area contributed by atoms with Crippen LogP contribution in [0.3, 0.4) is 0 Å². The number of carboxylic acids is 1. The lowest BCUT2D eigenvalue weighted by molar-refractivity contribution is -0.146. The van der Waals surface area contributed by atoms with Crippen LogP contribution in [0.4, 0.5) is 28.0 Å². The van der Waals surface area contributed by atoms with E-state index in [0.29, 0.717) is 60.8 Å². The number of ether oxygens (including phenoxy) is 6. The Morgan fingerprint density at radius 1 is 0.621 bits per heavy atom. The summed E-state index contributed by atoms with van der Waals surface area (Å²) in [7, 11) is -7.06. The fourth-order valence-electron chi connectivity index (χ4n) is 13.0. The number of carbonyl (C=O) groups is 10. The number of carboxylic acid groups (broad SMARTS) is 1. The Kier molecular flexibility index (Phi) is 23.2. The Balaban J connectivity index is 0.000000203. The normalized spacial score (nSPS) is 28.6. The Labute approximate surface area is 595 Å². The van der Waals surface area contributed by atoms with Gasteiger partial charge in [-0.15, -0.1) is 0 Å². The van der Waals surface area contributed by atoms with Gasteiger partial charge in [-0.3, -0.25) is 38.5 Å². The average Bonchev–Trinajstić information content (AvgIpc) is 1.58. The summed E-state index contributed by atoms with van der Waals surface area (Å²) in [5.41, 5.74) is -2.77. The number of amides is 9. The second kappa shape index (κ2) is 31.0. The lowest BCUT2D eigenvalue weighted by atomic mass is 10.1. The molecule has 4 saturated carbocycles. The maximum Gasteiger partial charge on any atom is 0.410 e. The maximum absolute atomic E-state index is 14.4. The first-order chi connectivity index (χ1) is 48.4. The Bertz CT molecular complexity index is 3940. The van der Waals surface area contributed by atoms with Gasteiger partial charge in [-0.1, -0.05) is 48.6 Å². The number of nitrogens with zero attached hydrogens (tertiary/aromatic N) is 4. The number of fused-ring (bicyclic) bond motifs is 6. The first kappa shape index (κ1) is 77.1. The molecular formula is C68H90F2N10O21S2. The topological polar surface area (TPSA) is 414 Å². The van der Waals surface area contributed by atoms with Crippen LogP contribution in [0, 0.1) is 23.5 Å². The second-order valence-electron chi connectivity index (χ2n) is 29.5. The van der Waals surface area contributed by atoms with Gasteiger partial charge in [0.2, 0.25) is 43.7 Å². The molecule has 31 nitrogen and oxygen atoms in total. The predicted octanol–water partition coefficient (Wildman–Crippen LogP) is 3.89. The number of nitrogens with one attached hydrogen (secondary N) is 5. The van der Waals surface area contributed by atoms with Crippen LogP contribution in [0.2, 0.25) is 0 Å². The molecule has 9 amide bonds. The largest absolute Gasteiger partial charge is 0.479 e. The quantitative estimate of drug-likeness (QED) is 0.138. The van der Waals surface area contributed by atoms with E-state index in [1.165, 1.54) is 26.8 Å². The number of hydrogen-bond donors (Lipinski definition) is 7. The van der Waals surface area contributed by atoms with Gasteiger partial charge in [-0.2, -0.15) is 0 Å². The minimum absolute atomic E-state index is 0.00930. The molecular weight excluding hydrogens is 1390 g/mol. The number of aliphatic carboxylic acids is 1. The highest BCUT2D eigenvalue weighted by molar-refractivity contribution is 7.91. The van der Waals surface area contributed by atoms with Gasteiger partial charge in [0.05, 0.1) is 49.9 Å². The molecule has 0 unspecified atom stereocenters. The lowest BCUT2D eigenvalue weighted by Gasteiger charge is -2.30. The molecule has 8 N–H and O–H groups in total. The molecule has 6 fully saturated rings. The minimum Gasteiger partial charge on any atom is -0.479 e. The van der Waals surface area contributed by atoms with Crippen molar-refractivity contribution in [2.24, 2.45) is 17.0 Å². The number of primary sulfonamides is 1. The Morgan fingerprint density at radius 2 is 1.04 bits per heavy atom. The van der Waals surface area contributed by atoms with Crippen LogP contribution in [0.1, 0.15) is 141 Å². The van der Waals surface area contributed by atoms with Gasteiger partial charge in [0.1, 0.15) is 70.3 Å². The summed E-state index contributed by atoms with van der Waals surface area (Å²) in [5.74, 6) is -6.76. The molecule has 10 atom stereocenters. The number of hydrogen-bond acceptors (Lipinski definition) is 20. The monoisotopic (exact) mass is 1480 g/mol. The van der Waals surface area contributed by atoms with Gasteiger partial charge in [0, 0.05) is 62.1 Å². The van der Waals surface area contributed by atoms with Gasteiger partial charge < -0.3 is 64.6 Å². The van der Waals surface area contributed by atoms with E-state index in [-0.39, 0.29) is 96.6 Å². The highest BCUT2D eigenvalue weighted by Crippen LogP contribution is 2.47. The Morgan fingerprint density at radius 3 is 1.43 bits per heavy atom. The van der Waals surface area contributed by atoms with E-state index in [1.807, 2.05) is 12.2 Å². The van der Waals surface area contributed by atoms with E-state index in [9.17, 15) is 78.7 Å². The molecule has 0 radical (unpaired) electrons. The number of carbonyl (C=O) groups excluding carboxylic acids is 9. The summed E-state index contributed by atoms with van der Waals surface area (Å²) < 4.78 is 110. The molecule has 103 heavy (non-hydrogen) atoms. The molecule has 0 bridgehead atoms. The van der Waals surface area contributed by atoms with E-state index in [4.69, 9.17) is 33.6 Å². The fourth-order valence-corrected chi connectivity index (χ4v) is 15.2. The van der Waals surface area contributed by atoms with Crippen molar-refractivity contribution < 1.29 is 107 Å². The summed E-state index contributed by atoms with van der Waals surface area (Å²) in [4.78, 5) is 139. The number of alkyl carbamates (subject to hydrolysis) is 2. The highest BCUT2D eigenvalue weighted by atomic mass is 32.2. The standard InChI is InChI=1S/C34H44FN5O10S.C31H39FN4O9.C3H7NO2S/c1-33(2,3)50-31(44)36-26-19-48-13-6-4-5-9-21-15-34(21,30(43)38-51(46,47)23-11-12-23)37-28(41)27-14-22(17-40(27)29(26)42)49-32(45)39-16-20-8-7-10-25(35)24(20)18-39;1-30(2,3)45-28(41)33-23-17-43-11-6-4-5-9-19-13-31(19,27(39)40)34-25(37)24-12-20(15-36(24)26(23)38)44-29(42)35-14-18-8-7-10-22(32)21(18)16-35;4-7(5,6)3-1-2-3/h5,7-10,21-23,26-27H,4,6,11-19H2,1-3H3,(H,36,44)(H,37,41)(H,38,43);5,7-10,19-20,23-24H,4,6,11-17H2,1-3H3,(H,33,41)(H,34,37)(H,39,40);3H,1-2H2,(H2,4,5,6)/b2*9-5-;/t21-,22-,26+,27+,34-;19-,20-,23+,24+,31-;/m11./s1. The maximum atomic E-state index is 14.4. The van der Waals surface area contributed by atoms with Crippen LogP contribution < -0.4 is 31.1 Å². The van der Waals surface area contributed by atoms with Gasteiger partial charge in [-0.05, 0) is 129 Å². The molecule has 12 rings (SSSR count). The summed E-state index contributed by atoms with van der Waals surface area (Å²) in [6.07, 6.45) is 6.66. The fraction of sp³-hybridized carbons (Fsp3) is 0.618. The van der Waals surface area contributed by atoms with Crippen molar-refractivity contribution in [3.8, 4) is 0 Å². The van der Waals surface area contributed by atoms with Gasteiger partial charge in [0.25, 0.3) is 5.91 Å². The van der Waals surface area contributed by atoms with E-state index in [0.717, 1.165) is 17.7 Å². The molecule has 35 heteroatoms. The van der Waals surface area contributed by atoms with Crippen LogP contribution in [-0.2, 0) is 103 Å². The number of halogens is 2. The van der Waals surface area contributed by atoms with Gasteiger partial charge in [0.15, 0.2) is 0 Å². The van der Waals surface area contributed by atoms with Crippen molar-refractivity contribution in [3.63, 3.8) is 0 Å². The lowest BCUT2D eigenvalue weighted by Crippen LogP contribution is -2.59. The van der Waals surface area contributed by atoms with Crippen molar-refractivity contribution in [2.75, 3.05) is 39.5 Å². The zero-order valence-electron chi connectivity index (χ0n) is 58.2. The zero-order chi connectivity index (χ0) is 74.7. The van der Waals surface area contributed by atoms with Crippen LogP contribution in [0.15, 0.2) is 60.7 Å². The molecule has 2 aromatic rings. The SMILES string of the molecule is CC(C)(C)OC(=O)N[C@H]1COCCC/C=C\[C@@H]2C[C@@]2(C(=O)NS(=O)(=O)C2CC2)NC(=O)[C@@H]2C[C@@H](OC(=O)N3Cc4cccc(F)c4C3)CN2C1=O.CC(C)(C)OC(=O)N[C@H]1COCCC/C=C\[C@@H]2C[C@@]2(C(=O)O)NC(=O)[C@@H]2C[C@@H](OC(=O)N3Cc4cccc(F)c4C3)CN2C1=O.NS(=O)(=O)C1CC1. The summed E-state index contributed by atoms with van der Waals surface area (Å²) in [5, 5.41) is 24.3. The number of benzene rings is 2. The third kappa shape index (κ3) is 19.5. The minimum atomic E-state index is -3.94. The van der Waals surface area contributed by atoms with Crippen LogP contribution in [0.5, 0.6) is 0 Å². The molecule has 2 aromatic carbocycles. The van der Waals surface area contributed by atoms with Crippen LogP contribution >= 0.6 is 0 Å². The summed E-state index contributed by atoms with van der Waals surface area (Å²) >= 11 is 0. The molecule has 0 aromatic heterocycles. The van der Waals surface area contributed by atoms with E-state index < -0.39 is 167 Å². The van der Waals surface area contributed by atoms with Crippen molar-refractivity contribution in [2.45, 2.75) is 214 Å². The number of allylic oxidation sites excluding steroid dienone is 2. The van der Waals surface area contributed by atoms with Gasteiger partial charge in [-0.25, -0.2) is 54.7 Å². The smallest absolute Gasteiger partial charge is 0.410 e. The number of rotatable bonds is 9. The molecule has 6 heterocycles. The summed E-state index contributed by atoms with van der Waals surface area (Å²) in [6, 6.07) is 4.13. The zero-order valence-corrected chi connectivity index (χ0v) is 59.8. The van der Waals surface area contributed by atoms with Crippen LogP contribution in [0.25, 0.3) is 0 Å². The molecule has 10 aliphatic rings. The second-order valence-corrected chi connectivity index (χ2v) is 33.3. The number of sulfonamides is 2. The first-order valence-corrected chi connectivity index (χ1v) is 37.6. The average molecular weight is 1490 g/mol. The van der Waals surface area contributed by atoms with E-state index in [1.54, 1.807) is 78.0 Å². The summed E-state index contributed by atoms with van der Waals surface area (Å²) in [6.45, 7) is 9.82. The molecule has 4 aliphatic carbocycles. The third-order valence-electron chi connectivity index (χ3n) is 18.9. The number of nitrogens with two attached hydrogens (primary N) is 1. The van der Waals surface area contributed by atoms with Gasteiger partial charge >= 0.3 is 30.3 Å². The van der Waals surface area contributed by atoms with E-state index >= 15 is 0 Å². The molecule has 0 spiro atoms. The van der Waals surface area contributed by atoms with Crippen molar-refractivity contribution >= 4 is 79.9 Å². The van der Waals surface area contributed by atoms with Crippen molar-refractivity contribution in [3.05, 3.63) is 94.6 Å². The molecule has 2 saturated heterocycles.